The third-order valence-electron chi connectivity index (χ3n) is 3.26. The molecule has 2 aromatic rings. The molecule has 2 heterocycles. The Balaban J connectivity index is 1.63. The van der Waals surface area contributed by atoms with Gasteiger partial charge in [0.15, 0.2) is 9.84 Å². The maximum Gasteiger partial charge on any atom is 0.173 e. The van der Waals surface area contributed by atoms with Gasteiger partial charge in [-0.2, -0.15) is 0 Å². The van der Waals surface area contributed by atoms with E-state index in [0.29, 0.717) is 18.1 Å². The summed E-state index contributed by atoms with van der Waals surface area (Å²) in [6.45, 7) is 0.436. The van der Waals surface area contributed by atoms with Crippen LogP contribution in [-0.2, 0) is 16.4 Å². The van der Waals surface area contributed by atoms with E-state index in [4.69, 9.17) is 4.42 Å². The van der Waals surface area contributed by atoms with E-state index in [-0.39, 0.29) is 17.6 Å². The first-order chi connectivity index (χ1) is 10.0. The first-order valence-corrected chi connectivity index (χ1v) is 8.22. The fourth-order valence-electron chi connectivity index (χ4n) is 2.18. The van der Waals surface area contributed by atoms with Gasteiger partial charge in [0, 0.05) is 17.0 Å². The van der Waals surface area contributed by atoms with Gasteiger partial charge in [-0.15, -0.1) is 0 Å². The van der Waals surface area contributed by atoms with Gasteiger partial charge in [-0.05, 0) is 36.4 Å². The van der Waals surface area contributed by atoms with Crippen molar-refractivity contribution in [2.45, 2.75) is 12.6 Å². The lowest BCUT2D eigenvalue weighted by molar-refractivity contribution is 0.484. The summed E-state index contributed by atoms with van der Waals surface area (Å²) in [6, 6.07) is 9.50. The molecular formula is C15H14FNO3S. The normalized spacial score (nSPS) is 20.0. The van der Waals surface area contributed by atoms with Gasteiger partial charge in [0.2, 0.25) is 0 Å². The molecule has 6 heteroatoms. The Labute approximate surface area is 122 Å². The molecule has 0 aliphatic carbocycles. The van der Waals surface area contributed by atoms with Crippen LogP contribution in [0.1, 0.15) is 5.76 Å². The summed E-state index contributed by atoms with van der Waals surface area (Å²) in [5, 5.41) is 4.34. The highest BCUT2D eigenvalue weighted by Crippen LogP contribution is 2.22. The molecule has 0 amide bonds. The number of hydrogen-bond acceptors (Lipinski definition) is 4. The molecule has 110 valence electrons. The Hall–Kier alpha value is -1.92. The molecule has 0 spiro atoms. The van der Waals surface area contributed by atoms with Crippen molar-refractivity contribution in [2.75, 3.05) is 5.75 Å². The molecule has 0 radical (unpaired) electrons. The molecule has 4 nitrogen and oxygen atoms in total. The Kier molecular flexibility index (Phi) is 3.65. The highest BCUT2D eigenvalue weighted by Gasteiger charge is 2.21. The van der Waals surface area contributed by atoms with Gasteiger partial charge >= 0.3 is 0 Å². The van der Waals surface area contributed by atoms with Gasteiger partial charge < -0.3 is 9.73 Å². The second kappa shape index (κ2) is 5.46. The third-order valence-corrected chi connectivity index (χ3v) is 4.65. The first kappa shape index (κ1) is 14.0. The summed E-state index contributed by atoms with van der Waals surface area (Å²) < 4.78 is 41.1. The summed E-state index contributed by atoms with van der Waals surface area (Å²) >= 11 is 0. The van der Waals surface area contributed by atoms with Crippen LogP contribution in [0.15, 0.2) is 52.3 Å². The van der Waals surface area contributed by atoms with Crippen molar-refractivity contribution in [3.05, 3.63) is 59.5 Å². The number of benzene rings is 1. The molecule has 0 fully saturated rings. The van der Waals surface area contributed by atoms with E-state index in [0.717, 1.165) is 5.56 Å². The van der Waals surface area contributed by atoms with Crippen LogP contribution in [-0.4, -0.2) is 20.2 Å². The van der Waals surface area contributed by atoms with Gasteiger partial charge in [-0.3, -0.25) is 0 Å². The average molecular weight is 307 g/mol. The lowest BCUT2D eigenvalue weighted by Crippen LogP contribution is -2.29. The largest absolute Gasteiger partial charge is 0.460 e. The van der Waals surface area contributed by atoms with E-state index in [9.17, 15) is 12.8 Å². The molecule has 0 saturated carbocycles. The summed E-state index contributed by atoms with van der Waals surface area (Å²) in [6.07, 6.45) is 1.64. The number of halogens is 1. The van der Waals surface area contributed by atoms with E-state index in [1.165, 1.54) is 17.5 Å². The van der Waals surface area contributed by atoms with Crippen LogP contribution in [0, 0.1) is 5.82 Å². The van der Waals surface area contributed by atoms with Crippen LogP contribution in [0.4, 0.5) is 4.39 Å². The molecule has 1 aliphatic heterocycles. The number of sulfone groups is 1. The maximum absolute atomic E-state index is 12.9. The van der Waals surface area contributed by atoms with Crippen LogP contribution in [0.3, 0.4) is 0 Å². The lowest BCUT2D eigenvalue weighted by atomic mass is 10.2. The Bertz CT molecular complexity index is 762. The summed E-state index contributed by atoms with van der Waals surface area (Å²) in [5.74, 6) is 1.15. The zero-order valence-corrected chi connectivity index (χ0v) is 11.9. The zero-order valence-electron chi connectivity index (χ0n) is 11.1. The minimum atomic E-state index is -3.05. The second-order valence-corrected chi connectivity index (χ2v) is 6.85. The number of rotatable bonds is 4. The number of nitrogens with one attached hydrogen (secondary N) is 1. The van der Waals surface area contributed by atoms with Crippen molar-refractivity contribution in [3.8, 4) is 11.3 Å². The number of furan rings is 1. The fraction of sp³-hybridized carbons (Fsp3) is 0.200. The van der Waals surface area contributed by atoms with E-state index in [2.05, 4.69) is 5.32 Å². The molecule has 21 heavy (non-hydrogen) atoms. The van der Waals surface area contributed by atoms with Crippen molar-refractivity contribution >= 4 is 9.84 Å². The van der Waals surface area contributed by atoms with Crippen molar-refractivity contribution < 1.29 is 17.2 Å². The fourth-order valence-corrected chi connectivity index (χ4v) is 3.45. The van der Waals surface area contributed by atoms with Crippen molar-refractivity contribution in [2.24, 2.45) is 0 Å². The maximum atomic E-state index is 12.9. The first-order valence-electron chi connectivity index (χ1n) is 6.51. The van der Waals surface area contributed by atoms with Crippen molar-refractivity contribution in [1.29, 1.82) is 0 Å². The van der Waals surface area contributed by atoms with Gasteiger partial charge in [0.1, 0.15) is 17.3 Å². The Morgan fingerprint density at radius 3 is 2.62 bits per heavy atom. The van der Waals surface area contributed by atoms with Crippen LogP contribution in [0.2, 0.25) is 0 Å². The van der Waals surface area contributed by atoms with Crippen LogP contribution >= 0.6 is 0 Å². The van der Waals surface area contributed by atoms with Gasteiger partial charge in [-0.1, -0.05) is 6.08 Å². The smallest absolute Gasteiger partial charge is 0.173 e. The summed E-state index contributed by atoms with van der Waals surface area (Å²) in [4.78, 5) is 0. The van der Waals surface area contributed by atoms with Crippen molar-refractivity contribution in [1.82, 2.24) is 5.32 Å². The van der Waals surface area contributed by atoms with E-state index >= 15 is 0 Å². The lowest BCUT2D eigenvalue weighted by Gasteiger charge is -2.07. The molecular weight excluding hydrogens is 293 g/mol. The Morgan fingerprint density at radius 2 is 1.95 bits per heavy atom. The van der Waals surface area contributed by atoms with Crippen LogP contribution in [0.5, 0.6) is 0 Å². The van der Waals surface area contributed by atoms with Gasteiger partial charge in [-0.25, -0.2) is 12.8 Å². The van der Waals surface area contributed by atoms with E-state index in [1.54, 1.807) is 18.2 Å². The van der Waals surface area contributed by atoms with Gasteiger partial charge in [0.05, 0.1) is 12.3 Å². The monoisotopic (exact) mass is 307 g/mol. The third kappa shape index (κ3) is 3.40. The predicted molar refractivity (Wildman–Crippen MR) is 77.7 cm³/mol. The SMILES string of the molecule is O=S1(=O)C=CC(NCc2ccc(-c3ccc(F)cc3)o2)C1. The Morgan fingerprint density at radius 1 is 1.19 bits per heavy atom. The summed E-state index contributed by atoms with van der Waals surface area (Å²) in [5.41, 5.74) is 0.797. The highest BCUT2D eigenvalue weighted by atomic mass is 32.2. The van der Waals surface area contributed by atoms with Gasteiger partial charge in [0.25, 0.3) is 0 Å². The second-order valence-electron chi connectivity index (χ2n) is 4.92. The molecule has 1 aromatic carbocycles. The molecule has 1 N–H and O–H groups in total. The molecule has 3 rings (SSSR count). The highest BCUT2D eigenvalue weighted by molar-refractivity contribution is 7.94. The minimum Gasteiger partial charge on any atom is -0.460 e. The average Bonchev–Trinajstić information content (AvgIpc) is 3.04. The van der Waals surface area contributed by atoms with Crippen LogP contribution in [0.25, 0.3) is 11.3 Å². The number of hydrogen-bond donors (Lipinski definition) is 1. The molecule has 0 bridgehead atoms. The molecule has 0 saturated heterocycles. The molecule has 1 atom stereocenters. The molecule has 1 aromatic heterocycles. The topological polar surface area (TPSA) is 59.3 Å². The standard InChI is InChI=1S/C15H14FNO3S/c16-12-3-1-11(2-4-12)15-6-5-14(20-15)9-17-13-7-8-21(18,19)10-13/h1-8,13,17H,9-10H2. The molecule has 1 unspecified atom stereocenters. The van der Waals surface area contributed by atoms with Crippen LogP contribution < -0.4 is 5.32 Å². The van der Waals surface area contributed by atoms with E-state index < -0.39 is 9.84 Å². The zero-order chi connectivity index (χ0) is 14.9. The predicted octanol–water partition coefficient (Wildman–Crippen LogP) is 2.49. The molecule has 1 aliphatic rings. The van der Waals surface area contributed by atoms with E-state index in [1.807, 2.05) is 12.1 Å². The minimum absolute atomic E-state index is 0.0819. The quantitative estimate of drug-likeness (QED) is 0.943. The summed E-state index contributed by atoms with van der Waals surface area (Å²) in [7, 11) is -3.05. The van der Waals surface area contributed by atoms with Crippen molar-refractivity contribution in [3.63, 3.8) is 0 Å².